The molecule has 0 bridgehead atoms. The Hall–Kier alpha value is -0.770. The molecule has 0 radical (unpaired) electrons. The highest BCUT2D eigenvalue weighted by atomic mass is 35.5. The average molecular weight is 287 g/mol. The van der Waals surface area contributed by atoms with E-state index in [4.69, 9.17) is 25.8 Å². The molecule has 0 fully saturated rings. The summed E-state index contributed by atoms with van der Waals surface area (Å²) in [5.41, 5.74) is 0. The average Bonchev–Trinajstić information content (AvgIpc) is 2.43. The van der Waals surface area contributed by atoms with E-state index in [0.717, 1.165) is 19.3 Å². The summed E-state index contributed by atoms with van der Waals surface area (Å²) in [6.45, 7) is 5.58. The normalized spacial score (nSPS) is 12.4. The van der Waals surface area contributed by atoms with Crippen LogP contribution in [0.3, 0.4) is 0 Å². The van der Waals surface area contributed by atoms with Crippen LogP contribution in [-0.2, 0) is 9.47 Å². The lowest BCUT2D eigenvalue weighted by molar-refractivity contribution is -0.0990. The summed E-state index contributed by atoms with van der Waals surface area (Å²) in [6.07, 6.45) is 3.26. The molecule has 0 aliphatic heterocycles. The highest BCUT2D eigenvalue weighted by molar-refractivity contribution is 6.32. The van der Waals surface area contributed by atoms with Gasteiger partial charge in [0.05, 0.1) is 11.1 Å². The largest absolute Gasteiger partial charge is 0.489 e. The SMILES string of the molecule is CCCCC(COc1ccccc1Cl)OCOCC. The molecule has 0 N–H and O–H groups in total. The van der Waals surface area contributed by atoms with Crippen molar-refractivity contribution >= 4 is 11.6 Å². The molecule has 4 heteroatoms. The molecule has 3 nitrogen and oxygen atoms in total. The molecule has 0 heterocycles. The summed E-state index contributed by atoms with van der Waals surface area (Å²) >= 11 is 6.05. The smallest absolute Gasteiger partial charge is 0.147 e. The first-order valence-electron chi connectivity index (χ1n) is 6.84. The van der Waals surface area contributed by atoms with Crippen LogP contribution in [0.4, 0.5) is 0 Å². The second-order valence-electron chi connectivity index (χ2n) is 4.28. The number of hydrogen-bond acceptors (Lipinski definition) is 3. The van der Waals surface area contributed by atoms with Crippen molar-refractivity contribution in [3.8, 4) is 5.75 Å². The Morgan fingerprint density at radius 3 is 2.68 bits per heavy atom. The van der Waals surface area contributed by atoms with Crippen molar-refractivity contribution in [2.24, 2.45) is 0 Å². The van der Waals surface area contributed by atoms with E-state index in [-0.39, 0.29) is 6.10 Å². The fraction of sp³-hybridized carbons (Fsp3) is 0.600. The molecule has 0 saturated heterocycles. The third-order valence-electron chi connectivity index (χ3n) is 2.73. The summed E-state index contributed by atoms with van der Waals surface area (Å²) < 4.78 is 16.6. The highest BCUT2D eigenvalue weighted by Crippen LogP contribution is 2.23. The van der Waals surface area contributed by atoms with Crippen LogP contribution in [-0.4, -0.2) is 26.1 Å². The molecule has 0 aliphatic carbocycles. The third-order valence-corrected chi connectivity index (χ3v) is 3.04. The zero-order chi connectivity index (χ0) is 13.9. The van der Waals surface area contributed by atoms with E-state index in [1.54, 1.807) is 0 Å². The number of rotatable bonds is 10. The predicted molar refractivity (Wildman–Crippen MR) is 77.8 cm³/mol. The molecule has 0 aromatic heterocycles. The molecule has 108 valence electrons. The van der Waals surface area contributed by atoms with Crippen molar-refractivity contribution in [3.05, 3.63) is 29.3 Å². The molecule has 0 saturated carbocycles. The number of unbranched alkanes of at least 4 members (excludes halogenated alkanes) is 1. The Bertz CT molecular complexity index is 344. The van der Waals surface area contributed by atoms with Gasteiger partial charge in [0.15, 0.2) is 0 Å². The van der Waals surface area contributed by atoms with Gasteiger partial charge in [0.1, 0.15) is 19.1 Å². The minimum Gasteiger partial charge on any atom is -0.489 e. The second kappa shape index (κ2) is 10.1. The molecular formula is C15H23ClO3. The van der Waals surface area contributed by atoms with Crippen molar-refractivity contribution in [3.63, 3.8) is 0 Å². The predicted octanol–water partition coefficient (Wildman–Crippen LogP) is 4.29. The van der Waals surface area contributed by atoms with Gasteiger partial charge in [-0.2, -0.15) is 0 Å². The lowest BCUT2D eigenvalue weighted by atomic mass is 10.2. The van der Waals surface area contributed by atoms with Gasteiger partial charge in [-0.05, 0) is 25.5 Å². The van der Waals surface area contributed by atoms with E-state index in [9.17, 15) is 0 Å². The molecule has 1 aromatic carbocycles. The monoisotopic (exact) mass is 286 g/mol. The van der Waals surface area contributed by atoms with E-state index in [2.05, 4.69) is 6.92 Å². The lowest BCUT2D eigenvalue weighted by Gasteiger charge is -2.18. The molecule has 1 unspecified atom stereocenters. The molecule has 19 heavy (non-hydrogen) atoms. The fourth-order valence-electron chi connectivity index (χ4n) is 1.62. The van der Waals surface area contributed by atoms with E-state index >= 15 is 0 Å². The Morgan fingerprint density at radius 2 is 2.00 bits per heavy atom. The number of benzene rings is 1. The van der Waals surface area contributed by atoms with Crippen LogP contribution in [0, 0.1) is 0 Å². The molecule has 1 rings (SSSR count). The van der Waals surface area contributed by atoms with Gasteiger partial charge in [-0.25, -0.2) is 0 Å². The molecular weight excluding hydrogens is 264 g/mol. The summed E-state index contributed by atoms with van der Waals surface area (Å²) in [4.78, 5) is 0. The van der Waals surface area contributed by atoms with Crippen LogP contribution in [0.15, 0.2) is 24.3 Å². The first-order chi connectivity index (χ1) is 9.27. The van der Waals surface area contributed by atoms with Gasteiger partial charge in [-0.15, -0.1) is 0 Å². The summed E-state index contributed by atoms with van der Waals surface area (Å²) in [5.74, 6) is 0.700. The van der Waals surface area contributed by atoms with Gasteiger partial charge in [0.25, 0.3) is 0 Å². The van der Waals surface area contributed by atoms with E-state index in [1.165, 1.54) is 0 Å². The standard InChI is InChI=1S/C15H23ClO3/c1-3-5-8-13(19-12-17-4-2)11-18-15-10-7-6-9-14(15)16/h6-7,9-10,13H,3-5,8,11-12H2,1-2H3. The van der Waals surface area contributed by atoms with Crippen LogP contribution in [0.2, 0.25) is 5.02 Å². The minimum atomic E-state index is 0.0442. The van der Waals surface area contributed by atoms with Gasteiger partial charge < -0.3 is 14.2 Å². The van der Waals surface area contributed by atoms with Gasteiger partial charge in [0.2, 0.25) is 0 Å². The number of ether oxygens (including phenoxy) is 3. The minimum absolute atomic E-state index is 0.0442. The van der Waals surface area contributed by atoms with Crippen molar-refractivity contribution in [1.82, 2.24) is 0 Å². The summed E-state index contributed by atoms with van der Waals surface area (Å²) in [5, 5.41) is 0.626. The van der Waals surface area contributed by atoms with Crippen LogP contribution < -0.4 is 4.74 Å². The third kappa shape index (κ3) is 6.81. The maximum atomic E-state index is 6.05. The topological polar surface area (TPSA) is 27.7 Å². The zero-order valence-electron chi connectivity index (χ0n) is 11.7. The first kappa shape index (κ1) is 16.3. The molecule has 1 aromatic rings. The van der Waals surface area contributed by atoms with Crippen LogP contribution >= 0.6 is 11.6 Å². The van der Waals surface area contributed by atoms with E-state index in [0.29, 0.717) is 30.8 Å². The Morgan fingerprint density at radius 1 is 1.21 bits per heavy atom. The van der Waals surface area contributed by atoms with Crippen molar-refractivity contribution in [2.45, 2.75) is 39.2 Å². The maximum absolute atomic E-state index is 6.05. The Balaban J connectivity index is 2.40. The van der Waals surface area contributed by atoms with Gasteiger partial charge in [-0.1, -0.05) is 43.5 Å². The van der Waals surface area contributed by atoms with Gasteiger partial charge >= 0.3 is 0 Å². The quantitative estimate of drug-likeness (QED) is 0.474. The lowest BCUT2D eigenvalue weighted by Crippen LogP contribution is -2.23. The number of hydrogen-bond donors (Lipinski definition) is 0. The van der Waals surface area contributed by atoms with Crippen LogP contribution in [0.5, 0.6) is 5.75 Å². The molecule has 0 aliphatic rings. The molecule has 0 spiro atoms. The first-order valence-corrected chi connectivity index (χ1v) is 7.22. The molecule has 0 amide bonds. The van der Waals surface area contributed by atoms with Crippen LogP contribution in [0.1, 0.15) is 33.1 Å². The molecule has 1 atom stereocenters. The van der Waals surface area contributed by atoms with Crippen molar-refractivity contribution in [2.75, 3.05) is 20.0 Å². The summed E-state index contributed by atoms with van der Waals surface area (Å²) in [6, 6.07) is 7.47. The van der Waals surface area contributed by atoms with E-state index < -0.39 is 0 Å². The number of para-hydroxylation sites is 1. The zero-order valence-corrected chi connectivity index (χ0v) is 12.5. The fourth-order valence-corrected chi connectivity index (χ4v) is 1.81. The summed E-state index contributed by atoms with van der Waals surface area (Å²) in [7, 11) is 0. The highest BCUT2D eigenvalue weighted by Gasteiger charge is 2.11. The van der Waals surface area contributed by atoms with Crippen molar-refractivity contribution < 1.29 is 14.2 Å². The Kier molecular flexibility index (Phi) is 8.63. The van der Waals surface area contributed by atoms with Gasteiger partial charge in [0, 0.05) is 6.61 Å². The maximum Gasteiger partial charge on any atom is 0.147 e. The van der Waals surface area contributed by atoms with Crippen LogP contribution in [0.25, 0.3) is 0 Å². The Labute approximate surface area is 120 Å². The van der Waals surface area contributed by atoms with Gasteiger partial charge in [-0.3, -0.25) is 0 Å². The number of halogens is 1. The van der Waals surface area contributed by atoms with Crippen molar-refractivity contribution in [1.29, 1.82) is 0 Å². The second-order valence-corrected chi connectivity index (χ2v) is 4.69. The van der Waals surface area contributed by atoms with E-state index in [1.807, 2.05) is 31.2 Å².